The lowest BCUT2D eigenvalue weighted by Gasteiger charge is -2.12. The Hall–Kier alpha value is -1.56. The van der Waals surface area contributed by atoms with Gasteiger partial charge in [-0.3, -0.25) is 15.1 Å². The molecule has 6 heteroatoms. The molecule has 2 aliphatic rings. The van der Waals surface area contributed by atoms with Crippen LogP contribution in [0.2, 0.25) is 5.02 Å². The third-order valence-corrected chi connectivity index (χ3v) is 3.89. The molecule has 1 saturated heterocycles. The van der Waals surface area contributed by atoms with Gasteiger partial charge in [0.05, 0.1) is 11.8 Å². The number of hydrogen-bond acceptors (Lipinski definition) is 4. The van der Waals surface area contributed by atoms with E-state index in [1.807, 2.05) is 18.2 Å². The van der Waals surface area contributed by atoms with Gasteiger partial charge in [-0.05, 0) is 25.0 Å². The van der Waals surface area contributed by atoms with Crippen molar-refractivity contribution < 1.29 is 14.4 Å². The number of carbonyl (C=O) groups is 1. The number of benzene rings is 1. The minimum Gasteiger partial charge on any atom is -0.376 e. The van der Waals surface area contributed by atoms with Crippen molar-refractivity contribution in [2.75, 3.05) is 13.2 Å². The lowest BCUT2D eigenvalue weighted by atomic mass is 10.1. The Morgan fingerprint density at radius 1 is 1.43 bits per heavy atom. The molecule has 2 N–H and O–H groups in total. The highest BCUT2D eigenvalue weighted by molar-refractivity contribution is 6.32. The molecule has 0 radical (unpaired) electrons. The van der Waals surface area contributed by atoms with Gasteiger partial charge in [-0.1, -0.05) is 29.8 Å². The predicted octanol–water partition coefficient (Wildman–Crippen LogP) is 1.88. The van der Waals surface area contributed by atoms with Crippen molar-refractivity contribution in [2.24, 2.45) is 0 Å². The molecule has 0 spiro atoms. The highest BCUT2D eigenvalue weighted by Crippen LogP contribution is 2.25. The normalized spacial score (nSPS) is 24.5. The first-order chi connectivity index (χ1) is 10.2. The molecular formula is C15H17ClN2O3. The summed E-state index contributed by atoms with van der Waals surface area (Å²) in [5.74, 6) is -0.181. The van der Waals surface area contributed by atoms with Crippen LogP contribution >= 0.6 is 11.6 Å². The maximum Gasteiger partial charge on any atom is 0.256 e. The zero-order valence-corrected chi connectivity index (χ0v) is 12.2. The Bertz CT molecular complexity index is 556. The average Bonchev–Trinajstić information content (AvgIpc) is 3.17. The first-order valence-electron chi connectivity index (χ1n) is 7.02. The zero-order chi connectivity index (χ0) is 14.7. The maximum absolute atomic E-state index is 12.1. The first-order valence-corrected chi connectivity index (χ1v) is 7.39. The molecule has 0 aromatic heterocycles. The minimum atomic E-state index is -0.655. The average molecular weight is 309 g/mol. The molecule has 3 rings (SSSR count). The van der Waals surface area contributed by atoms with Gasteiger partial charge in [-0.2, -0.15) is 0 Å². The molecule has 1 fully saturated rings. The van der Waals surface area contributed by atoms with E-state index in [1.54, 1.807) is 12.1 Å². The van der Waals surface area contributed by atoms with Gasteiger partial charge in [0.25, 0.3) is 5.91 Å². The number of hydrogen-bond donors (Lipinski definition) is 2. The molecule has 2 aliphatic heterocycles. The molecule has 21 heavy (non-hydrogen) atoms. The summed E-state index contributed by atoms with van der Waals surface area (Å²) in [6, 6.07) is 7.41. The van der Waals surface area contributed by atoms with Crippen LogP contribution in [0.15, 0.2) is 30.3 Å². The van der Waals surface area contributed by atoms with Crippen LogP contribution in [0.3, 0.4) is 0 Å². The van der Waals surface area contributed by atoms with E-state index >= 15 is 0 Å². The third kappa shape index (κ3) is 3.37. The summed E-state index contributed by atoms with van der Waals surface area (Å²) in [6.07, 6.45) is 3.24. The molecule has 0 bridgehead atoms. The second kappa shape index (κ2) is 6.47. The molecule has 1 amide bonds. The first kappa shape index (κ1) is 14.4. The number of rotatable bonds is 4. The van der Waals surface area contributed by atoms with E-state index in [0.717, 1.165) is 25.0 Å². The molecule has 2 heterocycles. The fourth-order valence-electron chi connectivity index (χ4n) is 2.42. The molecule has 112 valence electrons. The standard InChI is InChI=1S/C15H17ClN2O3/c16-12-6-2-1-5-11(12)13-8-14(21-18-13)15(19)17-9-10-4-3-7-20-10/h1-2,5-6,8,10,14,18H,3-4,7,9H2,(H,17,19)/t10-,14-/m0/s1. The van der Waals surface area contributed by atoms with Crippen molar-refractivity contribution in [3.63, 3.8) is 0 Å². The van der Waals surface area contributed by atoms with E-state index in [-0.39, 0.29) is 12.0 Å². The Morgan fingerprint density at radius 3 is 3.05 bits per heavy atom. The summed E-state index contributed by atoms with van der Waals surface area (Å²) in [7, 11) is 0. The molecule has 1 aromatic carbocycles. The summed E-state index contributed by atoms with van der Waals surface area (Å²) in [5.41, 5.74) is 4.28. The van der Waals surface area contributed by atoms with E-state index in [0.29, 0.717) is 17.3 Å². The number of halogens is 1. The third-order valence-electron chi connectivity index (χ3n) is 3.56. The SMILES string of the molecule is O=C(NC[C@@H]1CCCO1)[C@@H]1C=C(c2ccccc2Cl)NO1. The Balaban J connectivity index is 1.59. The quantitative estimate of drug-likeness (QED) is 0.891. The van der Waals surface area contributed by atoms with Crippen LogP contribution in [0.5, 0.6) is 0 Å². The molecule has 0 aliphatic carbocycles. The fraction of sp³-hybridized carbons (Fsp3) is 0.400. The second-order valence-corrected chi connectivity index (χ2v) is 5.49. The number of hydroxylamine groups is 1. The highest BCUT2D eigenvalue weighted by Gasteiger charge is 2.26. The van der Waals surface area contributed by atoms with Crippen molar-refractivity contribution in [3.8, 4) is 0 Å². The van der Waals surface area contributed by atoms with Gasteiger partial charge in [0.2, 0.25) is 0 Å². The number of ether oxygens (including phenoxy) is 1. The number of nitrogens with one attached hydrogen (secondary N) is 2. The van der Waals surface area contributed by atoms with Gasteiger partial charge in [0, 0.05) is 23.7 Å². The van der Waals surface area contributed by atoms with Crippen molar-refractivity contribution in [2.45, 2.75) is 25.0 Å². The van der Waals surface area contributed by atoms with Gasteiger partial charge in [-0.25, -0.2) is 0 Å². The Morgan fingerprint density at radius 2 is 2.29 bits per heavy atom. The van der Waals surface area contributed by atoms with Crippen molar-refractivity contribution in [3.05, 3.63) is 40.9 Å². The van der Waals surface area contributed by atoms with Gasteiger partial charge in [0.15, 0.2) is 6.10 Å². The summed E-state index contributed by atoms with van der Waals surface area (Å²) < 4.78 is 5.47. The Kier molecular flexibility index (Phi) is 4.43. The summed E-state index contributed by atoms with van der Waals surface area (Å²) in [6.45, 7) is 1.30. The van der Waals surface area contributed by atoms with E-state index in [4.69, 9.17) is 21.2 Å². The summed E-state index contributed by atoms with van der Waals surface area (Å²) in [4.78, 5) is 17.4. The minimum absolute atomic E-state index is 0.121. The largest absolute Gasteiger partial charge is 0.376 e. The van der Waals surface area contributed by atoms with E-state index in [2.05, 4.69) is 10.8 Å². The van der Waals surface area contributed by atoms with Crippen molar-refractivity contribution in [1.82, 2.24) is 10.8 Å². The topological polar surface area (TPSA) is 59.6 Å². The van der Waals surface area contributed by atoms with E-state index < -0.39 is 6.10 Å². The molecule has 2 atom stereocenters. The van der Waals surface area contributed by atoms with E-state index in [9.17, 15) is 4.79 Å². The van der Waals surface area contributed by atoms with Crippen molar-refractivity contribution >= 4 is 23.2 Å². The maximum atomic E-state index is 12.1. The summed E-state index contributed by atoms with van der Waals surface area (Å²) in [5, 5.41) is 3.46. The van der Waals surface area contributed by atoms with Gasteiger partial charge in [-0.15, -0.1) is 0 Å². The van der Waals surface area contributed by atoms with Crippen LogP contribution in [0.4, 0.5) is 0 Å². The van der Waals surface area contributed by atoms with E-state index in [1.165, 1.54) is 0 Å². The zero-order valence-electron chi connectivity index (χ0n) is 11.5. The second-order valence-electron chi connectivity index (χ2n) is 5.08. The Labute approximate surface area is 128 Å². The van der Waals surface area contributed by atoms with Gasteiger partial charge in [0.1, 0.15) is 0 Å². The molecule has 1 aromatic rings. The lowest BCUT2D eigenvalue weighted by molar-refractivity contribution is -0.131. The van der Waals surface area contributed by atoms with Crippen LogP contribution < -0.4 is 10.8 Å². The predicted molar refractivity (Wildman–Crippen MR) is 79.4 cm³/mol. The molecule has 5 nitrogen and oxygen atoms in total. The van der Waals surface area contributed by atoms with Gasteiger partial charge < -0.3 is 10.1 Å². The van der Waals surface area contributed by atoms with Gasteiger partial charge >= 0.3 is 0 Å². The van der Waals surface area contributed by atoms with Crippen molar-refractivity contribution in [1.29, 1.82) is 0 Å². The number of amides is 1. The monoisotopic (exact) mass is 308 g/mol. The van der Waals surface area contributed by atoms with Crippen LogP contribution in [-0.4, -0.2) is 31.3 Å². The molecule has 0 unspecified atom stereocenters. The highest BCUT2D eigenvalue weighted by atomic mass is 35.5. The van der Waals surface area contributed by atoms with Crippen LogP contribution in [0.1, 0.15) is 18.4 Å². The fourth-order valence-corrected chi connectivity index (χ4v) is 2.66. The van der Waals surface area contributed by atoms with Crippen LogP contribution in [0, 0.1) is 0 Å². The smallest absolute Gasteiger partial charge is 0.256 e. The summed E-state index contributed by atoms with van der Waals surface area (Å²) >= 11 is 6.13. The number of carbonyl (C=O) groups excluding carboxylic acids is 1. The molecule has 0 saturated carbocycles. The van der Waals surface area contributed by atoms with Crippen LogP contribution in [-0.2, 0) is 14.4 Å². The molecular weight excluding hydrogens is 292 g/mol. The van der Waals surface area contributed by atoms with Crippen LogP contribution in [0.25, 0.3) is 5.70 Å². The lowest BCUT2D eigenvalue weighted by Crippen LogP contribution is -2.39.